The number of rotatable bonds is 4. The van der Waals surface area contributed by atoms with Crippen LogP contribution in [0.15, 0.2) is 43.1 Å². The predicted octanol–water partition coefficient (Wildman–Crippen LogP) is 2.37. The van der Waals surface area contributed by atoms with E-state index in [-0.39, 0.29) is 5.82 Å². The molecule has 0 atom stereocenters. The van der Waals surface area contributed by atoms with Crippen LogP contribution in [0.4, 0.5) is 4.39 Å². The molecule has 0 unspecified atom stereocenters. The first-order chi connectivity index (χ1) is 11.8. The Morgan fingerprint density at radius 1 is 1.17 bits per heavy atom. The van der Waals surface area contributed by atoms with Gasteiger partial charge in [0, 0.05) is 18.7 Å². The van der Waals surface area contributed by atoms with Gasteiger partial charge in [0.1, 0.15) is 12.1 Å². The minimum atomic E-state index is -0.205. The van der Waals surface area contributed by atoms with Gasteiger partial charge >= 0.3 is 0 Å². The molecular weight excluding hydrogens is 305 g/mol. The molecule has 0 fully saturated rings. The zero-order chi connectivity index (χ0) is 16.4. The van der Waals surface area contributed by atoms with Crippen molar-refractivity contribution >= 4 is 0 Å². The van der Waals surface area contributed by atoms with Crippen LogP contribution in [0.3, 0.4) is 0 Å². The summed E-state index contributed by atoms with van der Waals surface area (Å²) in [6.07, 6.45) is 7.05. The van der Waals surface area contributed by atoms with Crippen LogP contribution in [0.1, 0.15) is 16.8 Å². The molecule has 122 valence electrons. The Bertz CT molecular complexity index is 841. The first kappa shape index (κ1) is 15.0. The largest absolute Gasteiger partial charge is 0.329 e. The summed E-state index contributed by atoms with van der Waals surface area (Å²) in [5, 5.41) is 3.34. The Morgan fingerprint density at radius 2 is 2.04 bits per heavy atom. The summed E-state index contributed by atoms with van der Waals surface area (Å²) in [5.41, 5.74) is 5.36. The lowest BCUT2D eigenvalue weighted by atomic mass is 10.0. The van der Waals surface area contributed by atoms with E-state index in [1.165, 1.54) is 17.7 Å². The second-order valence-corrected chi connectivity index (χ2v) is 5.92. The predicted molar refractivity (Wildman–Crippen MR) is 88.8 cm³/mol. The van der Waals surface area contributed by atoms with Gasteiger partial charge in [-0.2, -0.15) is 0 Å². The summed E-state index contributed by atoms with van der Waals surface area (Å²) in [7, 11) is 0. The Balaban J connectivity index is 1.60. The zero-order valence-electron chi connectivity index (χ0n) is 13.2. The van der Waals surface area contributed by atoms with Crippen molar-refractivity contribution in [3.63, 3.8) is 0 Å². The molecule has 3 aromatic rings. The molecule has 2 aromatic heterocycles. The maximum absolute atomic E-state index is 13.0. The topological polar surface area (TPSA) is 55.6 Å². The van der Waals surface area contributed by atoms with Gasteiger partial charge < -0.3 is 9.88 Å². The van der Waals surface area contributed by atoms with Crippen molar-refractivity contribution in [2.24, 2.45) is 0 Å². The van der Waals surface area contributed by atoms with E-state index in [9.17, 15) is 4.39 Å². The van der Waals surface area contributed by atoms with Crippen molar-refractivity contribution in [2.45, 2.75) is 25.9 Å². The molecule has 1 aliphatic rings. The number of nitrogens with zero attached hydrogens (tertiary/aromatic N) is 4. The van der Waals surface area contributed by atoms with E-state index in [2.05, 4.69) is 24.8 Å². The average Bonchev–Trinajstić information content (AvgIpc) is 3.09. The number of hydrogen-bond acceptors (Lipinski definition) is 4. The molecule has 3 heterocycles. The molecule has 0 amide bonds. The van der Waals surface area contributed by atoms with Crippen LogP contribution >= 0.6 is 0 Å². The fraction of sp³-hybridized carbons (Fsp3) is 0.278. The average molecular weight is 323 g/mol. The van der Waals surface area contributed by atoms with Gasteiger partial charge in [-0.25, -0.2) is 19.3 Å². The fourth-order valence-corrected chi connectivity index (χ4v) is 3.10. The SMILES string of the molecule is Fc1ccc(CCn2cncc2-c2ncnc3c2CCNC3)cc1. The maximum atomic E-state index is 13.0. The van der Waals surface area contributed by atoms with Crippen LogP contribution in [-0.2, 0) is 25.9 Å². The van der Waals surface area contributed by atoms with Crippen molar-refractivity contribution < 1.29 is 4.39 Å². The Kier molecular flexibility index (Phi) is 4.04. The lowest BCUT2D eigenvalue weighted by Crippen LogP contribution is -2.25. The minimum absolute atomic E-state index is 0.205. The van der Waals surface area contributed by atoms with Crippen LogP contribution in [0, 0.1) is 5.82 Å². The highest BCUT2D eigenvalue weighted by atomic mass is 19.1. The molecule has 0 saturated heterocycles. The summed E-state index contributed by atoms with van der Waals surface area (Å²) < 4.78 is 15.1. The first-order valence-corrected chi connectivity index (χ1v) is 8.09. The number of hydrogen-bond donors (Lipinski definition) is 1. The number of imidazole rings is 1. The van der Waals surface area contributed by atoms with E-state index in [1.807, 2.05) is 24.7 Å². The molecule has 0 spiro atoms. The number of fused-ring (bicyclic) bond motifs is 1. The molecule has 0 saturated carbocycles. The first-order valence-electron chi connectivity index (χ1n) is 8.09. The van der Waals surface area contributed by atoms with E-state index < -0.39 is 0 Å². The summed E-state index contributed by atoms with van der Waals surface area (Å²) in [6, 6.07) is 6.64. The maximum Gasteiger partial charge on any atom is 0.123 e. The fourth-order valence-electron chi connectivity index (χ4n) is 3.10. The molecular formula is C18H18FN5. The highest BCUT2D eigenvalue weighted by Gasteiger charge is 2.18. The summed E-state index contributed by atoms with van der Waals surface area (Å²) in [5.74, 6) is -0.205. The Hall–Kier alpha value is -2.60. The summed E-state index contributed by atoms with van der Waals surface area (Å²) in [4.78, 5) is 13.2. The van der Waals surface area contributed by atoms with E-state index in [0.29, 0.717) is 0 Å². The lowest BCUT2D eigenvalue weighted by molar-refractivity contribution is 0.621. The summed E-state index contributed by atoms with van der Waals surface area (Å²) in [6.45, 7) is 2.50. The summed E-state index contributed by atoms with van der Waals surface area (Å²) >= 11 is 0. The van der Waals surface area contributed by atoms with Crippen LogP contribution in [0.5, 0.6) is 0 Å². The van der Waals surface area contributed by atoms with Crippen LogP contribution in [0.25, 0.3) is 11.4 Å². The molecule has 4 rings (SSSR count). The van der Waals surface area contributed by atoms with E-state index in [4.69, 9.17) is 0 Å². The third-order valence-electron chi connectivity index (χ3n) is 4.39. The molecule has 24 heavy (non-hydrogen) atoms. The molecule has 6 heteroatoms. The van der Waals surface area contributed by atoms with Gasteiger partial charge in [0.25, 0.3) is 0 Å². The van der Waals surface area contributed by atoms with Crippen LogP contribution in [0.2, 0.25) is 0 Å². The van der Waals surface area contributed by atoms with Gasteiger partial charge in [0.05, 0.1) is 29.6 Å². The standard InChI is InChI=1S/C18H18FN5/c19-14-3-1-13(2-4-14)6-8-24-12-21-10-17(24)18-15-5-7-20-9-16(15)22-11-23-18/h1-4,10-12,20H,5-9H2. The third-order valence-corrected chi connectivity index (χ3v) is 4.39. The molecule has 1 N–H and O–H groups in total. The Labute approximate surface area is 139 Å². The third kappa shape index (κ3) is 2.92. The Morgan fingerprint density at radius 3 is 2.92 bits per heavy atom. The van der Waals surface area contributed by atoms with Gasteiger partial charge in [-0.15, -0.1) is 0 Å². The number of aromatic nitrogens is 4. The molecule has 0 aliphatic carbocycles. The quantitative estimate of drug-likeness (QED) is 0.801. The highest BCUT2D eigenvalue weighted by Crippen LogP contribution is 2.25. The molecule has 1 aromatic carbocycles. The minimum Gasteiger partial charge on any atom is -0.329 e. The van der Waals surface area contributed by atoms with E-state index >= 15 is 0 Å². The van der Waals surface area contributed by atoms with Crippen molar-refractivity contribution in [3.05, 3.63) is 65.8 Å². The molecule has 1 aliphatic heterocycles. The van der Waals surface area contributed by atoms with Gasteiger partial charge in [-0.3, -0.25) is 0 Å². The van der Waals surface area contributed by atoms with E-state index in [0.717, 1.165) is 55.1 Å². The van der Waals surface area contributed by atoms with Gasteiger partial charge in [-0.1, -0.05) is 12.1 Å². The second-order valence-electron chi connectivity index (χ2n) is 5.92. The molecule has 0 bridgehead atoms. The zero-order valence-corrected chi connectivity index (χ0v) is 13.2. The number of halogens is 1. The number of benzene rings is 1. The normalized spacial score (nSPS) is 13.7. The van der Waals surface area contributed by atoms with Crippen molar-refractivity contribution in [1.82, 2.24) is 24.8 Å². The monoisotopic (exact) mass is 323 g/mol. The molecule has 0 radical (unpaired) electrons. The van der Waals surface area contributed by atoms with Crippen molar-refractivity contribution in [1.29, 1.82) is 0 Å². The number of aryl methyl sites for hydroxylation is 2. The van der Waals surface area contributed by atoms with Crippen molar-refractivity contribution in [3.8, 4) is 11.4 Å². The van der Waals surface area contributed by atoms with Gasteiger partial charge in [0.2, 0.25) is 0 Å². The van der Waals surface area contributed by atoms with Crippen molar-refractivity contribution in [2.75, 3.05) is 6.54 Å². The smallest absolute Gasteiger partial charge is 0.123 e. The van der Waals surface area contributed by atoms with Gasteiger partial charge in [0.15, 0.2) is 0 Å². The number of nitrogens with one attached hydrogen (secondary N) is 1. The van der Waals surface area contributed by atoms with E-state index in [1.54, 1.807) is 6.33 Å². The highest BCUT2D eigenvalue weighted by molar-refractivity contribution is 5.60. The van der Waals surface area contributed by atoms with Crippen LogP contribution < -0.4 is 5.32 Å². The van der Waals surface area contributed by atoms with Crippen LogP contribution in [-0.4, -0.2) is 26.1 Å². The van der Waals surface area contributed by atoms with Gasteiger partial charge in [-0.05, 0) is 37.1 Å². The lowest BCUT2D eigenvalue weighted by Gasteiger charge is -2.19. The molecule has 5 nitrogen and oxygen atoms in total. The second kappa shape index (κ2) is 6.49.